The second-order valence-electron chi connectivity index (χ2n) is 7.39. The molecule has 2 heterocycles. The maximum Gasteiger partial charge on any atom is 0.286 e. The van der Waals surface area contributed by atoms with Crippen molar-refractivity contribution in [3.8, 4) is 0 Å². The fraction of sp³-hybridized carbons (Fsp3) is 0.238. The maximum absolute atomic E-state index is 13.3. The SMILES string of the molecule is CC(=O)Nc1ccc(S(=O)(=O)N2CCC[C@H]2c2nnc(C(=O)Nc3cccc(F)c3)s2)cc1. The van der Waals surface area contributed by atoms with Gasteiger partial charge in [0, 0.05) is 24.8 Å². The van der Waals surface area contributed by atoms with Crippen LogP contribution in [0.1, 0.15) is 40.6 Å². The largest absolute Gasteiger partial charge is 0.326 e. The molecule has 2 amide bonds. The summed E-state index contributed by atoms with van der Waals surface area (Å²) in [5.74, 6) is -1.29. The maximum atomic E-state index is 13.3. The molecule has 1 aromatic heterocycles. The van der Waals surface area contributed by atoms with Crippen molar-refractivity contribution < 1.29 is 22.4 Å². The van der Waals surface area contributed by atoms with Gasteiger partial charge in [-0.05, 0) is 55.3 Å². The summed E-state index contributed by atoms with van der Waals surface area (Å²) in [5, 5.41) is 13.6. The van der Waals surface area contributed by atoms with Gasteiger partial charge in [0.1, 0.15) is 10.8 Å². The fourth-order valence-electron chi connectivity index (χ4n) is 3.54. The average Bonchev–Trinajstić information content (AvgIpc) is 3.44. The number of benzene rings is 2. The minimum absolute atomic E-state index is 0.0539. The van der Waals surface area contributed by atoms with Crippen molar-refractivity contribution in [2.75, 3.05) is 17.2 Å². The molecule has 1 aliphatic heterocycles. The third-order valence-electron chi connectivity index (χ3n) is 4.99. The van der Waals surface area contributed by atoms with Crippen LogP contribution in [0.2, 0.25) is 0 Å². The molecule has 33 heavy (non-hydrogen) atoms. The van der Waals surface area contributed by atoms with Crippen LogP contribution < -0.4 is 10.6 Å². The summed E-state index contributed by atoms with van der Waals surface area (Å²) in [6.07, 6.45) is 1.18. The average molecular weight is 490 g/mol. The number of amides is 2. The number of carbonyl (C=O) groups is 2. The first-order valence-corrected chi connectivity index (χ1v) is 12.3. The Balaban J connectivity index is 1.52. The van der Waals surface area contributed by atoms with Crippen LogP contribution in [0.5, 0.6) is 0 Å². The molecule has 12 heteroatoms. The second-order valence-corrected chi connectivity index (χ2v) is 10.3. The van der Waals surface area contributed by atoms with E-state index in [0.717, 1.165) is 11.3 Å². The van der Waals surface area contributed by atoms with Gasteiger partial charge in [-0.1, -0.05) is 17.4 Å². The first-order valence-electron chi connectivity index (χ1n) is 10.0. The van der Waals surface area contributed by atoms with Crippen molar-refractivity contribution in [2.24, 2.45) is 0 Å². The van der Waals surface area contributed by atoms with E-state index in [9.17, 15) is 22.4 Å². The molecule has 2 N–H and O–H groups in total. The number of hydrogen-bond acceptors (Lipinski definition) is 7. The van der Waals surface area contributed by atoms with Crippen LogP contribution >= 0.6 is 11.3 Å². The Hall–Kier alpha value is -3.22. The zero-order chi connectivity index (χ0) is 23.6. The summed E-state index contributed by atoms with van der Waals surface area (Å²) in [5.41, 5.74) is 0.780. The molecule has 9 nitrogen and oxygen atoms in total. The third-order valence-corrected chi connectivity index (χ3v) is 7.93. The van der Waals surface area contributed by atoms with E-state index < -0.39 is 27.8 Å². The minimum Gasteiger partial charge on any atom is -0.326 e. The molecule has 3 aromatic rings. The van der Waals surface area contributed by atoms with Crippen molar-refractivity contribution in [1.29, 1.82) is 0 Å². The van der Waals surface area contributed by atoms with Crippen molar-refractivity contribution in [3.05, 3.63) is 64.4 Å². The number of nitrogens with zero attached hydrogens (tertiary/aromatic N) is 3. The van der Waals surface area contributed by atoms with Crippen LogP contribution in [-0.4, -0.2) is 41.3 Å². The lowest BCUT2D eigenvalue weighted by molar-refractivity contribution is -0.114. The highest BCUT2D eigenvalue weighted by molar-refractivity contribution is 7.89. The van der Waals surface area contributed by atoms with Gasteiger partial charge in [0.05, 0.1) is 10.9 Å². The summed E-state index contributed by atoms with van der Waals surface area (Å²) in [7, 11) is -3.83. The van der Waals surface area contributed by atoms with Gasteiger partial charge in [0.15, 0.2) is 0 Å². The topological polar surface area (TPSA) is 121 Å². The summed E-state index contributed by atoms with van der Waals surface area (Å²) in [4.78, 5) is 23.7. The predicted molar refractivity (Wildman–Crippen MR) is 121 cm³/mol. The van der Waals surface area contributed by atoms with Gasteiger partial charge in [0.2, 0.25) is 20.9 Å². The van der Waals surface area contributed by atoms with Gasteiger partial charge in [-0.3, -0.25) is 9.59 Å². The van der Waals surface area contributed by atoms with Crippen molar-refractivity contribution in [2.45, 2.75) is 30.7 Å². The van der Waals surface area contributed by atoms with Crippen LogP contribution in [0.3, 0.4) is 0 Å². The van der Waals surface area contributed by atoms with Crippen molar-refractivity contribution in [3.63, 3.8) is 0 Å². The van der Waals surface area contributed by atoms with Crippen LogP contribution in [0.15, 0.2) is 53.4 Å². The molecule has 4 rings (SSSR count). The summed E-state index contributed by atoms with van der Waals surface area (Å²) in [6, 6.07) is 10.9. The molecule has 0 radical (unpaired) electrons. The summed E-state index contributed by atoms with van der Waals surface area (Å²) < 4.78 is 41.2. The first kappa shape index (κ1) is 23.0. The highest BCUT2D eigenvalue weighted by Crippen LogP contribution is 2.38. The van der Waals surface area contributed by atoms with E-state index in [1.807, 2.05) is 0 Å². The lowest BCUT2D eigenvalue weighted by Crippen LogP contribution is -2.30. The molecule has 1 aliphatic rings. The van der Waals surface area contributed by atoms with E-state index in [1.165, 1.54) is 53.7 Å². The lowest BCUT2D eigenvalue weighted by atomic mass is 10.2. The monoisotopic (exact) mass is 489 g/mol. The number of hydrogen-bond donors (Lipinski definition) is 2. The number of anilines is 2. The Morgan fingerprint density at radius 1 is 1.09 bits per heavy atom. The van der Waals surface area contributed by atoms with Gasteiger partial charge < -0.3 is 10.6 Å². The lowest BCUT2D eigenvalue weighted by Gasteiger charge is -2.22. The zero-order valence-electron chi connectivity index (χ0n) is 17.5. The van der Waals surface area contributed by atoms with Crippen LogP contribution in [0.4, 0.5) is 15.8 Å². The Kier molecular flexibility index (Phi) is 6.49. The quantitative estimate of drug-likeness (QED) is 0.547. The molecule has 0 spiro atoms. The Labute approximate surface area is 193 Å². The number of aromatic nitrogens is 2. The normalized spacial score (nSPS) is 16.5. The molecule has 2 aromatic carbocycles. The Morgan fingerprint density at radius 2 is 1.85 bits per heavy atom. The number of halogens is 1. The fourth-order valence-corrected chi connectivity index (χ4v) is 6.15. The number of sulfonamides is 1. The van der Waals surface area contributed by atoms with E-state index >= 15 is 0 Å². The smallest absolute Gasteiger partial charge is 0.286 e. The number of carbonyl (C=O) groups excluding carboxylic acids is 2. The van der Waals surface area contributed by atoms with Gasteiger partial charge in [-0.15, -0.1) is 10.2 Å². The molecule has 1 saturated heterocycles. The van der Waals surface area contributed by atoms with Crippen LogP contribution in [0, 0.1) is 5.82 Å². The van der Waals surface area contributed by atoms with E-state index in [1.54, 1.807) is 6.07 Å². The third kappa shape index (κ3) is 5.07. The molecular weight excluding hydrogens is 469 g/mol. The molecule has 172 valence electrons. The highest BCUT2D eigenvalue weighted by Gasteiger charge is 2.38. The Morgan fingerprint density at radius 3 is 2.55 bits per heavy atom. The standard InChI is InChI=1S/C21H20FN5O4S2/c1-13(28)23-15-7-9-17(10-8-15)33(30,31)27-11-3-6-18(27)20-25-26-21(32-20)19(29)24-16-5-2-4-14(22)12-16/h2,4-5,7-10,12,18H,3,6,11H2,1H3,(H,23,28)(H,24,29)/t18-/m0/s1. The van der Waals surface area contributed by atoms with E-state index in [4.69, 9.17) is 0 Å². The zero-order valence-corrected chi connectivity index (χ0v) is 19.1. The van der Waals surface area contributed by atoms with Crippen LogP contribution in [-0.2, 0) is 14.8 Å². The number of nitrogens with one attached hydrogen (secondary N) is 2. The minimum atomic E-state index is -3.83. The molecular formula is C21H20FN5O4S2. The van der Waals surface area contributed by atoms with Crippen LogP contribution in [0.25, 0.3) is 0 Å². The molecule has 1 atom stereocenters. The molecule has 0 aliphatic carbocycles. The van der Waals surface area contributed by atoms with E-state index in [-0.39, 0.29) is 21.5 Å². The highest BCUT2D eigenvalue weighted by atomic mass is 32.2. The predicted octanol–water partition coefficient (Wildman–Crippen LogP) is 3.41. The first-order chi connectivity index (χ1) is 15.7. The van der Waals surface area contributed by atoms with Crippen molar-refractivity contribution >= 4 is 44.5 Å². The molecule has 0 bridgehead atoms. The van der Waals surface area contributed by atoms with E-state index in [0.29, 0.717) is 30.1 Å². The van der Waals surface area contributed by atoms with Gasteiger partial charge >= 0.3 is 0 Å². The molecule has 0 unspecified atom stereocenters. The van der Waals surface area contributed by atoms with E-state index in [2.05, 4.69) is 20.8 Å². The molecule has 1 fully saturated rings. The summed E-state index contributed by atoms with van der Waals surface area (Å²) in [6.45, 7) is 1.68. The summed E-state index contributed by atoms with van der Waals surface area (Å²) >= 11 is 1.00. The molecule has 0 saturated carbocycles. The second kappa shape index (κ2) is 9.33. The van der Waals surface area contributed by atoms with Crippen molar-refractivity contribution in [1.82, 2.24) is 14.5 Å². The Bertz CT molecular complexity index is 1290. The number of rotatable bonds is 6. The van der Waals surface area contributed by atoms with Gasteiger partial charge in [-0.2, -0.15) is 4.31 Å². The van der Waals surface area contributed by atoms with Gasteiger partial charge in [0.25, 0.3) is 5.91 Å². The van der Waals surface area contributed by atoms with Gasteiger partial charge in [-0.25, -0.2) is 12.8 Å².